The van der Waals surface area contributed by atoms with Crippen LogP contribution in [0.25, 0.3) is 21.5 Å². The predicted octanol–water partition coefficient (Wildman–Crippen LogP) is 10.1. The summed E-state index contributed by atoms with van der Waals surface area (Å²) in [6, 6.07) is 39.0. The van der Waals surface area contributed by atoms with Gasteiger partial charge in [-0.15, -0.1) is 15.3 Å². The molecule has 3 N–H and O–H groups in total. The van der Waals surface area contributed by atoms with E-state index in [0.717, 1.165) is 61.2 Å². The molecule has 7 nitrogen and oxygen atoms in total. The molecule has 192 valence electrons. The van der Waals surface area contributed by atoms with Gasteiger partial charge in [-0.2, -0.15) is 5.11 Å². The van der Waals surface area contributed by atoms with Crippen molar-refractivity contribution in [3.05, 3.63) is 127 Å². The summed E-state index contributed by atoms with van der Waals surface area (Å²) < 4.78 is 0. The summed E-state index contributed by atoms with van der Waals surface area (Å²) in [7, 11) is 0. The van der Waals surface area contributed by atoms with Crippen molar-refractivity contribution in [3.8, 4) is 5.75 Å². The average Bonchev–Trinajstić information content (AvgIpc) is 3.01. The maximum absolute atomic E-state index is 9.67. The van der Waals surface area contributed by atoms with Gasteiger partial charge in [0.05, 0.1) is 22.7 Å². The summed E-state index contributed by atoms with van der Waals surface area (Å²) in [5.74, 6) is 0.246. The predicted molar refractivity (Wildman–Crippen MR) is 161 cm³/mol. The highest BCUT2D eigenvalue weighted by Crippen LogP contribution is 2.43. The van der Waals surface area contributed by atoms with Crippen molar-refractivity contribution in [3.63, 3.8) is 0 Å². The molecular weight excluding hydrogens is 496 g/mol. The van der Waals surface area contributed by atoms with Crippen LogP contribution < -0.4 is 10.6 Å². The maximum atomic E-state index is 9.67. The zero-order valence-electron chi connectivity index (χ0n) is 21.4. The van der Waals surface area contributed by atoms with Crippen LogP contribution in [-0.4, -0.2) is 5.11 Å². The second-order valence-corrected chi connectivity index (χ2v) is 9.56. The zero-order chi connectivity index (χ0) is 26.9. The van der Waals surface area contributed by atoms with Gasteiger partial charge < -0.3 is 15.7 Å². The molecule has 1 heterocycles. The van der Waals surface area contributed by atoms with Crippen LogP contribution in [0, 0.1) is 0 Å². The van der Waals surface area contributed by atoms with Gasteiger partial charge in [0.15, 0.2) is 0 Å². The Bertz CT molecular complexity index is 1900. The molecule has 0 saturated carbocycles. The fraction of sp³-hybridized carbons (Fsp3) is 0.0303. The summed E-state index contributed by atoms with van der Waals surface area (Å²) in [4.78, 5) is 0. The molecule has 0 fully saturated rings. The molecule has 7 heteroatoms. The van der Waals surface area contributed by atoms with Crippen molar-refractivity contribution in [1.82, 2.24) is 0 Å². The number of anilines is 2. The number of nitrogens with one attached hydrogen (secondary N) is 2. The average molecular weight is 521 g/mol. The first kappa shape index (κ1) is 23.5. The summed E-state index contributed by atoms with van der Waals surface area (Å²) in [5, 5.41) is 39.0. The Balaban J connectivity index is 1.22. The van der Waals surface area contributed by atoms with Crippen molar-refractivity contribution in [1.29, 1.82) is 0 Å². The minimum absolute atomic E-state index is 0.116. The normalized spacial score (nSPS) is 14.6. The molecule has 0 saturated heterocycles. The van der Waals surface area contributed by atoms with Crippen LogP contribution in [0.2, 0.25) is 0 Å². The number of phenolic OH excluding ortho intramolecular Hbond substituents is 1. The number of hydrogen-bond donors (Lipinski definition) is 3. The molecule has 0 aliphatic carbocycles. The van der Waals surface area contributed by atoms with Crippen LogP contribution in [0.3, 0.4) is 0 Å². The first-order chi connectivity index (χ1) is 19.7. The molecule has 1 atom stereocenters. The van der Waals surface area contributed by atoms with Gasteiger partial charge in [0.1, 0.15) is 11.9 Å². The minimum atomic E-state index is -0.116. The summed E-state index contributed by atoms with van der Waals surface area (Å²) in [6.07, 6.45) is -0.116. The van der Waals surface area contributed by atoms with E-state index in [9.17, 15) is 5.11 Å². The minimum Gasteiger partial charge on any atom is -0.508 e. The van der Waals surface area contributed by atoms with E-state index >= 15 is 0 Å². The standard InChI is InChI=1S/C33H24N6O/c40-23-15-13-21(14-16-23)33-34-30-12-6-11-26-29(19-20-31(35-33)32(26)30)39-38-28-18-17-27(24-9-4-5-10-25(24)28)37-36-22-7-2-1-3-8-22/h1-20,33-35,40H/b37-36+,39-38+. The first-order valence-corrected chi connectivity index (χ1v) is 13.0. The smallest absolute Gasteiger partial charge is 0.123 e. The van der Waals surface area contributed by atoms with Gasteiger partial charge in [-0.25, -0.2) is 0 Å². The van der Waals surface area contributed by atoms with Gasteiger partial charge in [-0.05, 0) is 60.2 Å². The molecule has 0 amide bonds. The lowest BCUT2D eigenvalue weighted by molar-refractivity contribution is 0.475. The molecule has 7 rings (SSSR count). The molecule has 0 radical (unpaired) electrons. The molecule has 6 aromatic rings. The van der Waals surface area contributed by atoms with Crippen molar-refractivity contribution < 1.29 is 5.11 Å². The highest BCUT2D eigenvalue weighted by Gasteiger charge is 2.21. The van der Waals surface area contributed by atoms with Crippen molar-refractivity contribution >= 4 is 55.7 Å². The third-order valence-corrected chi connectivity index (χ3v) is 7.02. The Morgan fingerprint density at radius 2 is 1.02 bits per heavy atom. The Labute approximate surface area is 230 Å². The van der Waals surface area contributed by atoms with Crippen LogP contribution in [0.1, 0.15) is 11.7 Å². The van der Waals surface area contributed by atoms with E-state index in [-0.39, 0.29) is 11.9 Å². The Morgan fingerprint density at radius 3 is 1.73 bits per heavy atom. The fourth-order valence-corrected chi connectivity index (χ4v) is 5.06. The van der Waals surface area contributed by atoms with Crippen LogP contribution in [-0.2, 0) is 0 Å². The lowest BCUT2D eigenvalue weighted by Crippen LogP contribution is -2.23. The van der Waals surface area contributed by atoms with E-state index < -0.39 is 0 Å². The molecular formula is C33H24N6O. The molecule has 1 unspecified atom stereocenters. The highest BCUT2D eigenvalue weighted by atomic mass is 16.3. The summed E-state index contributed by atoms with van der Waals surface area (Å²) >= 11 is 0. The SMILES string of the molecule is Oc1ccc(C2Nc3cccc4c(/N=N/c5ccc(/N=N/c6ccccc6)c6ccccc56)ccc(c34)N2)cc1. The summed E-state index contributed by atoms with van der Waals surface area (Å²) in [6.45, 7) is 0. The largest absolute Gasteiger partial charge is 0.508 e. The monoisotopic (exact) mass is 520 g/mol. The van der Waals surface area contributed by atoms with E-state index in [2.05, 4.69) is 38.1 Å². The van der Waals surface area contributed by atoms with Crippen LogP contribution >= 0.6 is 0 Å². The van der Waals surface area contributed by atoms with Gasteiger partial charge in [0, 0.05) is 32.9 Å². The zero-order valence-corrected chi connectivity index (χ0v) is 21.4. The van der Waals surface area contributed by atoms with Crippen LogP contribution in [0.15, 0.2) is 142 Å². The van der Waals surface area contributed by atoms with Crippen molar-refractivity contribution in [2.45, 2.75) is 6.17 Å². The first-order valence-electron chi connectivity index (χ1n) is 13.0. The molecule has 40 heavy (non-hydrogen) atoms. The third-order valence-electron chi connectivity index (χ3n) is 7.02. The Kier molecular flexibility index (Phi) is 5.86. The van der Waals surface area contributed by atoms with Gasteiger partial charge in [-0.3, -0.25) is 0 Å². The number of rotatable bonds is 5. The van der Waals surface area contributed by atoms with Gasteiger partial charge in [0.2, 0.25) is 0 Å². The number of benzene rings is 6. The van der Waals surface area contributed by atoms with Gasteiger partial charge in [-0.1, -0.05) is 66.7 Å². The Morgan fingerprint density at radius 1 is 0.475 bits per heavy atom. The number of fused-ring (bicyclic) bond motifs is 1. The lowest BCUT2D eigenvalue weighted by Gasteiger charge is -2.30. The lowest BCUT2D eigenvalue weighted by atomic mass is 10.0. The quantitative estimate of drug-likeness (QED) is 0.197. The van der Waals surface area contributed by atoms with Crippen molar-refractivity contribution in [2.75, 3.05) is 10.6 Å². The molecule has 0 spiro atoms. The number of aromatic hydroxyl groups is 1. The maximum Gasteiger partial charge on any atom is 0.123 e. The van der Waals surface area contributed by atoms with E-state index in [4.69, 9.17) is 5.11 Å². The third kappa shape index (κ3) is 4.39. The van der Waals surface area contributed by atoms with E-state index in [0.29, 0.717) is 0 Å². The van der Waals surface area contributed by atoms with Crippen LogP contribution in [0.4, 0.5) is 34.1 Å². The van der Waals surface area contributed by atoms with Gasteiger partial charge in [0.25, 0.3) is 0 Å². The van der Waals surface area contributed by atoms with E-state index in [1.807, 2.05) is 97.1 Å². The molecule has 1 aliphatic heterocycles. The van der Waals surface area contributed by atoms with Crippen molar-refractivity contribution in [2.24, 2.45) is 20.5 Å². The molecule has 0 bridgehead atoms. The fourth-order valence-electron chi connectivity index (χ4n) is 5.06. The highest BCUT2D eigenvalue weighted by molar-refractivity contribution is 6.09. The number of phenols is 1. The molecule has 1 aliphatic rings. The molecule has 0 aromatic heterocycles. The number of hydrogen-bond acceptors (Lipinski definition) is 7. The topological polar surface area (TPSA) is 93.7 Å². The Hall–Kier alpha value is -5.56. The second kappa shape index (κ2) is 9.96. The van der Waals surface area contributed by atoms with E-state index in [1.165, 1.54) is 0 Å². The van der Waals surface area contributed by atoms with Gasteiger partial charge >= 0.3 is 0 Å². The van der Waals surface area contributed by atoms with Crippen LogP contribution in [0.5, 0.6) is 5.75 Å². The molecule has 6 aromatic carbocycles. The summed E-state index contributed by atoms with van der Waals surface area (Å²) in [5.41, 5.74) is 6.18. The second-order valence-electron chi connectivity index (χ2n) is 9.56. The number of azo groups is 2. The van der Waals surface area contributed by atoms with E-state index in [1.54, 1.807) is 12.1 Å². The number of nitrogens with zero attached hydrogens (tertiary/aromatic N) is 4.